The molecule has 0 saturated carbocycles. The maximum absolute atomic E-state index is 14.4. The van der Waals surface area contributed by atoms with Crippen molar-refractivity contribution in [3.05, 3.63) is 69.0 Å². The fourth-order valence-corrected chi connectivity index (χ4v) is 3.43. The van der Waals surface area contributed by atoms with Gasteiger partial charge in [0.2, 0.25) is 0 Å². The first-order valence-electron chi connectivity index (χ1n) is 9.42. The summed E-state index contributed by atoms with van der Waals surface area (Å²) < 4.78 is 45.6. The van der Waals surface area contributed by atoms with Gasteiger partial charge in [0.05, 0.1) is 24.2 Å². The molecule has 0 unspecified atom stereocenters. The van der Waals surface area contributed by atoms with Crippen molar-refractivity contribution in [3.63, 3.8) is 0 Å². The summed E-state index contributed by atoms with van der Waals surface area (Å²) in [6.45, 7) is 2.57. The molecule has 0 atom stereocenters. The number of aryl methyl sites for hydroxylation is 1. The summed E-state index contributed by atoms with van der Waals surface area (Å²) in [5.41, 5.74) is 0.882. The van der Waals surface area contributed by atoms with E-state index in [1.807, 2.05) is 6.08 Å². The molecule has 1 aromatic carbocycles. The van der Waals surface area contributed by atoms with Crippen molar-refractivity contribution in [3.8, 4) is 0 Å². The lowest BCUT2D eigenvalue weighted by Crippen LogP contribution is -2.16. The first kappa shape index (κ1) is 20.1. The van der Waals surface area contributed by atoms with Crippen molar-refractivity contribution in [2.45, 2.75) is 26.3 Å². The standard InChI is InChI=1S/C21H19F3N4O2/c1-11-26-19(25-10-13-3-2-4-14(17(13)22)18(23)24)16-9-15(12-5-7-30-8-6-12)21(29)28-20(16)27-11/h2-5,9,18H,6-8,10H2,1H3,(H2,25,26,27,28,29). The van der Waals surface area contributed by atoms with Crippen LogP contribution in [0.1, 0.15) is 35.4 Å². The minimum absolute atomic E-state index is 0.0526. The topological polar surface area (TPSA) is 79.9 Å². The Morgan fingerprint density at radius 2 is 2.13 bits per heavy atom. The SMILES string of the molecule is Cc1nc(NCc2cccc(C(F)F)c2F)c2cc(C3=CCOCC3)c(=O)[nH]c2n1. The Morgan fingerprint density at radius 1 is 1.30 bits per heavy atom. The number of fused-ring (bicyclic) bond motifs is 1. The lowest BCUT2D eigenvalue weighted by atomic mass is 10.0. The van der Waals surface area contributed by atoms with E-state index >= 15 is 0 Å². The molecule has 1 aliphatic rings. The summed E-state index contributed by atoms with van der Waals surface area (Å²) in [5.74, 6) is -0.165. The van der Waals surface area contributed by atoms with E-state index in [0.717, 1.165) is 11.6 Å². The highest BCUT2D eigenvalue weighted by Gasteiger charge is 2.18. The van der Waals surface area contributed by atoms with Crippen LogP contribution in [0.5, 0.6) is 0 Å². The largest absolute Gasteiger partial charge is 0.377 e. The third kappa shape index (κ3) is 3.93. The van der Waals surface area contributed by atoms with Gasteiger partial charge < -0.3 is 15.0 Å². The second-order valence-corrected chi connectivity index (χ2v) is 6.92. The molecule has 0 spiro atoms. The number of benzene rings is 1. The van der Waals surface area contributed by atoms with E-state index in [4.69, 9.17) is 4.74 Å². The maximum Gasteiger partial charge on any atom is 0.266 e. The summed E-state index contributed by atoms with van der Waals surface area (Å²) in [5, 5.41) is 3.55. The Kier molecular flexibility index (Phi) is 5.54. The molecule has 4 rings (SSSR count). The second-order valence-electron chi connectivity index (χ2n) is 6.92. The van der Waals surface area contributed by atoms with E-state index in [9.17, 15) is 18.0 Å². The smallest absolute Gasteiger partial charge is 0.266 e. The van der Waals surface area contributed by atoms with E-state index in [-0.39, 0.29) is 17.7 Å². The molecule has 0 saturated heterocycles. The number of anilines is 1. The Balaban J connectivity index is 1.73. The van der Waals surface area contributed by atoms with Crippen LogP contribution in [-0.2, 0) is 11.3 Å². The molecule has 30 heavy (non-hydrogen) atoms. The number of rotatable bonds is 5. The van der Waals surface area contributed by atoms with Gasteiger partial charge in [-0.25, -0.2) is 23.1 Å². The van der Waals surface area contributed by atoms with Gasteiger partial charge in [-0.05, 0) is 25.0 Å². The van der Waals surface area contributed by atoms with Crippen LogP contribution < -0.4 is 10.9 Å². The highest BCUT2D eigenvalue weighted by Crippen LogP contribution is 2.27. The van der Waals surface area contributed by atoms with Gasteiger partial charge in [0.25, 0.3) is 12.0 Å². The molecule has 9 heteroatoms. The van der Waals surface area contributed by atoms with Gasteiger partial charge >= 0.3 is 0 Å². The molecular formula is C21H19F3N4O2. The molecule has 156 valence electrons. The van der Waals surface area contributed by atoms with Crippen molar-refractivity contribution in [2.24, 2.45) is 0 Å². The van der Waals surface area contributed by atoms with Gasteiger partial charge in [-0.2, -0.15) is 0 Å². The number of alkyl halides is 2. The molecule has 0 aliphatic carbocycles. The summed E-state index contributed by atoms with van der Waals surface area (Å²) in [6, 6.07) is 5.58. The van der Waals surface area contributed by atoms with Crippen LogP contribution in [0.2, 0.25) is 0 Å². The number of aromatic amines is 1. The molecule has 0 radical (unpaired) electrons. The molecule has 3 aromatic rings. The third-order valence-electron chi connectivity index (χ3n) is 4.92. The molecule has 2 aromatic heterocycles. The van der Waals surface area contributed by atoms with Crippen LogP contribution in [-0.4, -0.2) is 28.2 Å². The zero-order valence-corrected chi connectivity index (χ0v) is 16.1. The minimum Gasteiger partial charge on any atom is -0.377 e. The van der Waals surface area contributed by atoms with Gasteiger partial charge in [-0.15, -0.1) is 0 Å². The number of halogens is 3. The maximum atomic E-state index is 14.4. The van der Waals surface area contributed by atoms with Gasteiger partial charge in [-0.1, -0.05) is 24.3 Å². The fourth-order valence-electron chi connectivity index (χ4n) is 3.43. The predicted octanol–water partition coefficient (Wildman–Crippen LogP) is 4.12. The van der Waals surface area contributed by atoms with E-state index in [1.54, 1.807) is 13.0 Å². The molecule has 2 N–H and O–H groups in total. The van der Waals surface area contributed by atoms with Gasteiger partial charge in [0.1, 0.15) is 23.1 Å². The summed E-state index contributed by atoms with van der Waals surface area (Å²) in [4.78, 5) is 23.9. The van der Waals surface area contributed by atoms with Gasteiger partial charge in [0, 0.05) is 17.7 Å². The first-order chi connectivity index (χ1) is 14.4. The lowest BCUT2D eigenvalue weighted by Gasteiger charge is -2.15. The highest BCUT2D eigenvalue weighted by molar-refractivity contribution is 5.89. The number of H-pyrrole nitrogens is 1. The quantitative estimate of drug-likeness (QED) is 0.654. The molecule has 0 bridgehead atoms. The molecule has 6 nitrogen and oxygen atoms in total. The first-order valence-corrected chi connectivity index (χ1v) is 9.42. The van der Waals surface area contributed by atoms with Crippen LogP contribution >= 0.6 is 0 Å². The number of hydrogen-bond donors (Lipinski definition) is 2. The van der Waals surface area contributed by atoms with Crippen LogP contribution in [0.25, 0.3) is 16.6 Å². The van der Waals surface area contributed by atoms with Crippen LogP contribution in [0.15, 0.2) is 35.1 Å². The van der Waals surface area contributed by atoms with Crippen LogP contribution in [0.4, 0.5) is 19.0 Å². The van der Waals surface area contributed by atoms with Crippen molar-refractivity contribution in [1.82, 2.24) is 15.0 Å². The lowest BCUT2D eigenvalue weighted by molar-refractivity contribution is 0.146. The van der Waals surface area contributed by atoms with Crippen molar-refractivity contribution in [2.75, 3.05) is 18.5 Å². The van der Waals surface area contributed by atoms with E-state index in [2.05, 4.69) is 20.3 Å². The normalized spacial score (nSPS) is 14.2. The van der Waals surface area contributed by atoms with Crippen molar-refractivity contribution < 1.29 is 17.9 Å². The van der Waals surface area contributed by atoms with Gasteiger partial charge in [0.15, 0.2) is 0 Å². The number of nitrogens with zero attached hydrogens (tertiary/aromatic N) is 2. The molecule has 0 fully saturated rings. The van der Waals surface area contributed by atoms with E-state index in [1.165, 1.54) is 12.1 Å². The summed E-state index contributed by atoms with van der Waals surface area (Å²) in [6.07, 6.45) is -0.435. The Labute approximate surface area is 169 Å². The number of ether oxygens (including phenoxy) is 1. The zero-order chi connectivity index (χ0) is 21.3. The summed E-state index contributed by atoms with van der Waals surface area (Å²) >= 11 is 0. The van der Waals surface area contributed by atoms with Crippen molar-refractivity contribution >= 4 is 22.4 Å². The van der Waals surface area contributed by atoms with Gasteiger partial charge in [-0.3, -0.25) is 4.79 Å². The number of nitrogens with one attached hydrogen (secondary N) is 2. The number of aromatic nitrogens is 3. The fraction of sp³-hybridized carbons (Fsp3) is 0.286. The van der Waals surface area contributed by atoms with Crippen molar-refractivity contribution in [1.29, 1.82) is 0 Å². The highest BCUT2D eigenvalue weighted by atomic mass is 19.3. The molecule has 0 amide bonds. The predicted molar refractivity (Wildman–Crippen MR) is 107 cm³/mol. The van der Waals surface area contributed by atoms with E-state index < -0.39 is 17.8 Å². The molecule has 1 aliphatic heterocycles. The average Bonchev–Trinajstić information content (AvgIpc) is 2.72. The van der Waals surface area contributed by atoms with E-state index in [0.29, 0.717) is 47.9 Å². The zero-order valence-electron chi connectivity index (χ0n) is 16.1. The second kappa shape index (κ2) is 8.27. The average molecular weight is 416 g/mol. The Bertz CT molecular complexity index is 1190. The number of hydrogen-bond acceptors (Lipinski definition) is 5. The molecular weight excluding hydrogens is 397 g/mol. The summed E-state index contributed by atoms with van der Waals surface area (Å²) in [7, 11) is 0. The Hall–Kier alpha value is -3.20. The van der Waals surface area contributed by atoms with Crippen LogP contribution in [0, 0.1) is 12.7 Å². The third-order valence-corrected chi connectivity index (χ3v) is 4.92. The molecule has 3 heterocycles. The minimum atomic E-state index is -2.90. The van der Waals surface area contributed by atoms with Crippen LogP contribution in [0.3, 0.4) is 0 Å². The monoisotopic (exact) mass is 416 g/mol. The Morgan fingerprint density at radius 3 is 2.87 bits per heavy atom. The number of pyridine rings is 1.